The Balaban J connectivity index is 1.53. The number of carbonyl (C=O) groups is 2. The quantitative estimate of drug-likeness (QED) is 0.476. The van der Waals surface area contributed by atoms with E-state index in [1.165, 1.54) is 24.3 Å². The fraction of sp³-hybridized carbons (Fsp3) is 0.0526. The van der Waals surface area contributed by atoms with E-state index in [1.807, 2.05) is 42.5 Å². The fourth-order valence-electron chi connectivity index (χ4n) is 2.53. The highest BCUT2D eigenvalue weighted by Gasteiger charge is 2.10. The van der Waals surface area contributed by atoms with E-state index in [1.54, 1.807) is 0 Å². The molecule has 136 valence electrons. The number of rotatable bonds is 5. The molecule has 0 fully saturated rings. The molecule has 0 heterocycles. The molecule has 0 aromatic heterocycles. The third-order valence-electron chi connectivity index (χ3n) is 3.88. The highest BCUT2D eigenvalue weighted by atomic mass is 16.6. The second kappa shape index (κ2) is 7.96. The minimum absolute atomic E-state index is 0.0332. The number of hydrogen-bond donors (Lipinski definition) is 3. The number of anilines is 1. The van der Waals surface area contributed by atoms with Crippen molar-refractivity contribution in [3.05, 3.63) is 82.4 Å². The van der Waals surface area contributed by atoms with E-state index in [0.29, 0.717) is 0 Å². The molecular formula is C19H16N4O4. The third kappa shape index (κ3) is 4.37. The van der Waals surface area contributed by atoms with Crippen LogP contribution in [0.3, 0.4) is 0 Å². The molecule has 3 rings (SSSR count). The fourth-order valence-corrected chi connectivity index (χ4v) is 2.53. The molecule has 2 amide bonds. The van der Waals surface area contributed by atoms with Gasteiger partial charge < -0.3 is 5.32 Å². The van der Waals surface area contributed by atoms with Gasteiger partial charge in [-0.15, -0.1) is 0 Å². The number of nitrogens with one attached hydrogen (secondary N) is 3. The molecule has 0 aliphatic rings. The lowest BCUT2D eigenvalue weighted by atomic mass is 10.1. The van der Waals surface area contributed by atoms with Crippen LogP contribution in [0.15, 0.2) is 66.7 Å². The predicted molar refractivity (Wildman–Crippen MR) is 101 cm³/mol. The number of non-ortho nitro benzene ring substituents is 1. The minimum atomic E-state index is -0.566. The van der Waals surface area contributed by atoms with E-state index in [4.69, 9.17) is 0 Å². The maximum Gasteiger partial charge on any atom is 0.269 e. The molecule has 0 aliphatic carbocycles. The Morgan fingerprint density at radius 3 is 2.33 bits per heavy atom. The lowest BCUT2D eigenvalue weighted by Gasteiger charge is -2.11. The van der Waals surface area contributed by atoms with E-state index >= 15 is 0 Å². The van der Waals surface area contributed by atoms with Crippen molar-refractivity contribution in [2.24, 2.45) is 0 Å². The molecule has 0 saturated heterocycles. The summed E-state index contributed by atoms with van der Waals surface area (Å²) in [5.74, 6) is -0.999. The summed E-state index contributed by atoms with van der Waals surface area (Å²) in [6.45, 7) is -0.0332. The van der Waals surface area contributed by atoms with Crippen molar-refractivity contribution < 1.29 is 14.5 Å². The van der Waals surface area contributed by atoms with Crippen molar-refractivity contribution in [3.63, 3.8) is 0 Å². The van der Waals surface area contributed by atoms with Crippen LogP contribution in [0.1, 0.15) is 10.4 Å². The van der Waals surface area contributed by atoms with E-state index in [2.05, 4.69) is 16.2 Å². The third-order valence-corrected chi connectivity index (χ3v) is 3.88. The van der Waals surface area contributed by atoms with Gasteiger partial charge in [0.25, 0.3) is 17.5 Å². The normalized spacial score (nSPS) is 10.2. The molecule has 0 radical (unpaired) electrons. The maximum atomic E-state index is 12.0. The topological polar surface area (TPSA) is 113 Å². The van der Waals surface area contributed by atoms with E-state index in [-0.39, 0.29) is 17.8 Å². The van der Waals surface area contributed by atoms with Crippen LogP contribution in [-0.2, 0) is 4.79 Å². The molecule has 0 saturated carbocycles. The van der Waals surface area contributed by atoms with Crippen molar-refractivity contribution in [2.45, 2.75) is 0 Å². The number of nitro benzene ring substituents is 1. The number of nitrogens with zero attached hydrogens (tertiary/aromatic N) is 1. The molecule has 3 aromatic rings. The first-order valence-electron chi connectivity index (χ1n) is 8.10. The van der Waals surface area contributed by atoms with Crippen LogP contribution in [0.4, 0.5) is 11.4 Å². The minimum Gasteiger partial charge on any atom is -0.376 e. The van der Waals surface area contributed by atoms with Gasteiger partial charge in [0, 0.05) is 28.8 Å². The first-order valence-corrected chi connectivity index (χ1v) is 8.10. The molecule has 27 heavy (non-hydrogen) atoms. The molecule has 3 aromatic carbocycles. The number of carbonyl (C=O) groups excluding carboxylic acids is 2. The van der Waals surface area contributed by atoms with Crippen LogP contribution in [0.2, 0.25) is 0 Å². The summed E-state index contributed by atoms with van der Waals surface area (Å²) in [7, 11) is 0. The van der Waals surface area contributed by atoms with Gasteiger partial charge >= 0.3 is 0 Å². The zero-order chi connectivity index (χ0) is 19.2. The Hall–Kier alpha value is -3.94. The van der Waals surface area contributed by atoms with Crippen LogP contribution in [-0.4, -0.2) is 23.3 Å². The number of hydrazine groups is 1. The Kier molecular flexibility index (Phi) is 5.27. The monoisotopic (exact) mass is 364 g/mol. The Labute approximate surface area is 154 Å². The first kappa shape index (κ1) is 17.9. The zero-order valence-corrected chi connectivity index (χ0v) is 14.1. The number of benzene rings is 3. The van der Waals surface area contributed by atoms with Gasteiger partial charge in [-0.2, -0.15) is 0 Å². The van der Waals surface area contributed by atoms with Gasteiger partial charge in [0.1, 0.15) is 0 Å². The predicted octanol–water partition coefficient (Wildman–Crippen LogP) is 2.62. The lowest BCUT2D eigenvalue weighted by Crippen LogP contribution is -2.44. The van der Waals surface area contributed by atoms with Crippen molar-refractivity contribution in [1.82, 2.24) is 10.9 Å². The van der Waals surface area contributed by atoms with Gasteiger partial charge in [-0.25, -0.2) is 0 Å². The Bertz CT molecular complexity index is 997. The van der Waals surface area contributed by atoms with Crippen molar-refractivity contribution in [2.75, 3.05) is 11.9 Å². The van der Waals surface area contributed by atoms with Crippen LogP contribution in [0.25, 0.3) is 10.8 Å². The SMILES string of the molecule is O=C(CNc1cccc2ccccc12)NNC(=O)c1ccc([N+](=O)[O-])cc1. The molecule has 3 N–H and O–H groups in total. The molecule has 0 spiro atoms. The lowest BCUT2D eigenvalue weighted by molar-refractivity contribution is -0.384. The molecule has 0 unspecified atom stereocenters. The van der Waals surface area contributed by atoms with Gasteiger partial charge in [-0.1, -0.05) is 36.4 Å². The molecule has 8 heteroatoms. The summed E-state index contributed by atoms with van der Waals surface area (Å²) >= 11 is 0. The molecular weight excluding hydrogens is 348 g/mol. The second-order valence-electron chi connectivity index (χ2n) is 5.69. The first-order chi connectivity index (χ1) is 13.0. The average Bonchev–Trinajstić information content (AvgIpc) is 2.70. The molecule has 0 aliphatic heterocycles. The van der Waals surface area contributed by atoms with E-state index in [0.717, 1.165) is 16.5 Å². The summed E-state index contributed by atoms with van der Waals surface area (Å²) in [6, 6.07) is 18.6. The van der Waals surface area contributed by atoms with Gasteiger partial charge in [0.05, 0.1) is 11.5 Å². The summed E-state index contributed by atoms with van der Waals surface area (Å²) in [5, 5.41) is 15.7. The second-order valence-corrected chi connectivity index (χ2v) is 5.69. The summed E-state index contributed by atoms with van der Waals surface area (Å²) < 4.78 is 0. The van der Waals surface area contributed by atoms with Crippen LogP contribution in [0.5, 0.6) is 0 Å². The smallest absolute Gasteiger partial charge is 0.269 e. The number of fused-ring (bicyclic) bond motifs is 1. The summed E-state index contributed by atoms with van der Waals surface area (Å²) in [5.41, 5.74) is 5.47. The standard InChI is InChI=1S/C19H16N4O4/c24-18(12-20-17-7-3-5-13-4-1-2-6-16(13)17)21-22-19(25)14-8-10-15(11-9-14)23(26)27/h1-11,20H,12H2,(H,21,24)(H,22,25). The average molecular weight is 364 g/mol. The van der Waals surface area contributed by atoms with Gasteiger partial charge in [0.2, 0.25) is 0 Å². The highest BCUT2D eigenvalue weighted by Crippen LogP contribution is 2.22. The van der Waals surface area contributed by atoms with Crippen molar-refractivity contribution >= 4 is 34.0 Å². The Morgan fingerprint density at radius 2 is 1.59 bits per heavy atom. The number of nitro groups is 1. The largest absolute Gasteiger partial charge is 0.376 e. The number of hydrogen-bond acceptors (Lipinski definition) is 5. The molecule has 0 bridgehead atoms. The van der Waals surface area contributed by atoms with E-state index in [9.17, 15) is 19.7 Å². The summed E-state index contributed by atoms with van der Waals surface area (Å²) in [4.78, 5) is 34.0. The van der Waals surface area contributed by atoms with Gasteiger partial charge in [0.15, 0.2) is 0 Å². The van der Waals surface area contributed by atoms with Crippen molar-refractivity contribution in [3.8, 4) is 0 Å². The van der Waals surface area contributed by atoms with Crippen LogP contribution >= 0.6 is 0 Å². The maximum absolute atomic E-state index is 12.0. The van der Waals surface area contributed by atoms with Crippen LogP contribution < -0.4 is 16.2 Å². The van der Waals surface area contributed by atoms with Gasteiger partial charge in [-0.3, -0.25) is 30.6 Å². The van der Waals surface area contributed by atoms with Gasteiger partial charge in [-0.05, 0) is 23.6 Å². The van der Waals surface area contributed by atoms with Crippen molar-refractivity contribution in [1.29, 1.82) is 0 Å². The number of amides is 2. The van der Waals surface area contributed by atoms with E-state index < -0.39 is 16.7 Å². The highest BCUT2D eigenvalue weighted by molar-refractivity contribution is 5.97. The molecule has 0 atom stereocenters. The zero-order valence-electron chi connectivity index (χ0n) is 14.1. The van der Waals surface area contributed by atoms with Crippen LogP contribution in [0, 0.1) is 10.1 Å². The Morgan fingerprint density at radius 1 is 0.889 bits per heavy atom. The molecule has 8 nitrogen and oxygen atoms in total. The summed E-state index contributed by atoms with van der Waals surface area (Å²) in [6.07, 6.45) is 0.